The molecule has 2 heterocycles. The monoisotopic (exact) mass is 264 g/mol. The molecule has 1 aromatic heterocycles. The van der Waals surface area contributed by atoms with E-state index in [9.17, 15) is 4.79 Å². The molecule has 0 aromatic carbocycles. The molecule has 0 spiro atoms. The molecule has 0 radical (unpaired) electrons. The van der Waals surface area contributed by atoms with E-state index in [1.54, 1.807) is 7.05 Å². The summed E-state index contributed by atoms with van der Waals surface area (Å²) in [5.41, 5.74) is 0.407. The van der Waals surface area contributed by atoms with Crippen LogP contribution in [0.2, 0.25) is 0 Å². The first-order valence-corrected chi connectivity index (χ1v) is 7.16. The van der Waals surface area contributed by atoms with Crippen LogP contribution in [-0.4, -0.2) is 27.2 Å². The Hall–Kier alpha value is -1.48. The minimum absolute atomic E-state index is 0.0213. The minimum atomic E-state index is -0.0213. The third-order valence-electron chi connectivity index (χ3n) is 3.13. The van der Waals surface area contributed by atoms with Gasteiger partial charge in [-0.25, -0.2) is 0 Å². The number of nitrogens with one attached hydrogen (secondary N) is 1. The van der Waals surface area contributed by atoms with Crippen molar-refractivity contribution >= 4 is 23.5 Å². The van der Waals surface area contributed by atoms with Gasteiger partial charge in [-0.05, 0) is 30.3 Å². The van der Waals surface area contributed by atoms with Gasteiger partial charge in [0.25, 0.3) is 0 Å². The van der Waals surface area contributed by atoms with Crippen molar-refractivity contribution in [3.05, 3.63) is 11.8 Å². The number of rotatable bonds is 3. The van der Waals surface area contributed by atoms with Gasteiger partial charge in [-0.3, -0.25) is 9.48 Å². The highest BCUT2D eigenvalue weighted by atomic mass is 32.2. The van der Waals surface area contributed by atoms with Crippen LogP contribution in [0.25, 0.3) is 0 Å². The third-order valence-corrected chi connectivity index (χ3v) is 4.18. The molecule has 2 rings (SSSR count). The second-order valence-electron chi connectivity index (χ2n) is 4.45. The molecule has 0 aliphatic carbocycles. The van der Waals surface area contributed by atoms with Crippen molar-refractivity contribution in [3.8, 4) is 6.07 Å². The Balaban J connectivity index is 1.94. The van der Waals surface area contributed by atoms with E-state index in [1.165, 1.54) is 10.9 Å². The molecule has 0 atom stereocenters. The summed E-state index contributed by atoms with van der Waals surface area (Å²) in [5, 5.41) is 15.7. The van der Waals surface area contributed by atoms with Crippen molar-refractivity contribution in [1.29, 1.82) is 5.26 Å². The number of carbonyl (C=O) groups excluding carboxylic acids is 1. The zero-order chi connectivity index (χ0) is 13.0. The lowest BCUT2D eigenvalue weighted by Gasteiger charge is -2.20. The van der Waals surface area contributed by atoms with E-state index in [0.29, 0.717) is 23.7 Å². The number of thioether (sulfide) groups is 1. The van der Waals surface area contributed by atoms with Crippen molar-refractivity contribution in [1.82, 2.24) is 9.78 Å². The zero-order valence-corrected chi connectivity index (χ0v) is 11.2. The topological polar surface area (TPSA) is 70.7 Å². The molecule has 0 bridgehead atoms. The van der Waals surface area contributed by atoms with E-state index in [4.69, 9.17) is 5.26 Å². The van der Waals surface area contributed by atoms with Gasteiger partial charge in [0.1, 0.15) is 17.5 Å². The Morgan fingerprint density at radius 1 is 1.67 bits per heavy atom. The molecule has 96 valence electrons. The van der Waals surface area contributed by atoms with Crippen LogP contribution in [0.4, 0.5) is 5.82 Å². The Morgan fingerprint density at radius 2 is 2.39 bits per heavy atom. The fourth-order valence-corrected chi connectivity index (χ4v) is 3.27. The zero-order valence-electron chi connectivity index (χ0n) is 10.3. The molecule has 1 aliphatic rings. The largest absolute Gasteiger partial charge is 0.310 e. The van der Waals surface area contributed by atoms with E-state index >= 15 is 0 Å². The van der Waals surface area contributed by atoms with Crippen LogP contribution in [0.3, 0.4) is 0 Å². The van der Waals surface area contributed by atoms with E-state index < -0.39 is 0 Å². The first-order valence-electron chi connectivity index (χ1n) is 6.00. The quantitative estimate of drug-likeness (QED) is 0.903. The smallest absolute Gasteiger partial charge is 0.225 e. The van der Waals surface area contributed by atoms with E-state index in [-0.39, 0.29) is 5.91 Å². The van der Waals surface area contributed by atoms with Gasteiger partial charge in [-0.1, -0.05) is 0 Å². The van der Waals surface area contributed by atoms with E-state index in [1.807, 2.05) is 17.8 Å². The summed E-state index contributed by atoms with van der Waals surface area (Å²) in [6.45, 7) is 0. The van der Waals surface area contributed by atoms with E-state index in [2.05, 4.69) is 10.4 Å². The highest BCUT2D eigenvalue weighted by molar-refractivity contribution is 7.99. The van der Waals surface area contributed by atoms with Crippen molar-refractivity contribution < 1.29 is 4.79 Å². The number of aryl methyl sites for hydroxylation is 1. The van der Waals surface area contributed by atoms with Crippen molar-refractivity contribution in [2.75, 3.05) is 16.8 Å². The van der Waals surface area contributed by atoms with Gasteiger partial charge < -0.3 is 5.32 Å². The average Bonchev–Trinajstić information content (AvgIpc) is 2.72. The number of anilines is 1. The van der Waals surface area contributed by atoms with Crippen molar-refractivity contribution in [3.63, 3.8) is 0 Å². The van der Waals surface area contributed by atoms with Crippen LogP contribution in [0.1, 0.15) is 24.8 Å². The summed E-state index contributed by atoms with van der Waals surface area (Å²) in [6, 6.07) is 2.02. The Bertz CT molecular complexity index is 471. The Morgan fingerprint density at radius 3 is 3.06 bits per heavy atom. The predicted molar refractivity (Wildman–Crippen MR) is 71.2 cm³/mol. The van der Waals surface area contributed by atoms with Crippen LogP contribution in [0.15, 0.2) is 6.20 Å². The lowest BCUT2D eigenvalue weighted by atomic mass is 9.98. The summed E-state index contributed by atoms with van der Waals surface area (Å²) in [5.74, 6) is 3.24. The number of aromatic nitrogens is 2. The maximum atomic E-state index is 11.9. The SMILES string of the molecule is Cn1ncc(C#N)c1NC(=O)CC1CCSCC1. The Kier molecular flexibility index (Phi) is 4.26. The molecule has 1 fully saturated rings. The van der Waals surface area contributed by atoms with Gasteiger partial charge in [-0.2, -0.15) is 22.1 Å². The van der Waals surface area contributed by atoms with Crippen molar-refractivity contribution in [2.24, 2.45) is 13.0 Å². The molecular formula is C12H16N4OS. The second-order valence-corrected chi connectivity index (χ2v) is 5.68. The van der Waals surface area contributed by atoms with Gasteiger partial charge in [0, 0.05) is 13.5 Å². The first-order chi connectivity index (χ1) is 8.70. The molecule has 6 heteroatoms. The van der Waals surface area contributed by atoms with Crippen LogP contribution >= 0.6 is 11.8 Å². The predicted octanol–water partition coefficient (Wildman–Crippen LogP) is 1.76. The standard InChI is InChI=1S/C12H16N4OS/c1-16-12(10(7-13)8-14-16)15-11(17)6-9-2-4-18-5-3-9/h8-9H,2-6H2,1H3,(H,15,17). The summed E-state index contributed by atoms with van der Waals surface area (Å²) < 4.78 is 1.52. The normalized spacial score (nSPS) is 16.2. The van der Waals surface area contributed by atoms with Crippen LogP contribution in [0, 0.1) is 17.2 Å². The third kappa shape index (κ3) is 3.05. The number of hydrogen-bond donors (Lipinski definition) is 1. The van der Waals surface area contributed by atoms with Crippen molar-refractivity contribution in [2.45, 2.75) is 19.3 Å². The first kappa shape index (κ1) is 13.0. The van der Waals surface area contributed by atoms with Gasteiger partial charge in [-0.15, -0.1) is 0 Å². The lowest BCUT2D eigenvalue weighted by molar-refractivity contribution is -0.117. The number of hydrogen-bond acceptors (Lipinski definition) is 4. The number of nitriles is 1. The van der Waals surface area contributed by atoms with Gasteiger partial charge in [0.2, 0.25) is 5.91 Å². The average molecular weight is 264 g/mol. The van der Waals surface area contributed by atoms with E-state index in [0.717, 1.165) is 24.3 Å². The molecule has 1 aromatic rings. The molecule has 1 amide bonds. The fraction of sp³-hybridized carbons (Fsp3) is 0.583. The van der Waals surface area contributed by atoms with Crippen LogP contribution in [0.5, 0.6) is 0 Å². The molecule has 5 nitrogen and oxygen atoms in total. The van der Waals surface area contributed by atoms with Gasteiger partial charge in [0.15, 0.2) is 0 Å². The molecular weight excluding hydrogens is 248 g/mol. The van der Waals surface area contributed by atoms with Crippen LogP contribution < -0.4 is 5.32 Å². The van der Waals surface area contributed by atoms with Gasteiger partial charge in [0.05, 0.1) is 6.20 Å². The summed E-state index contributed by atoms with van der Waals surface area (Å²) in [4.78, 5) is 11.9. The van der Waals surface area contributed by atoms with Crippen LogP contribution in [-0.2, 0) is 11.8 Å². The molecule has 18 heavy (non-hydrogen) atoms. The molecule has 1 N–H and O–H groups in total. The Labute approximate surface area is 111 Å². The van der Waals surface area contributed by atoms with Gasteiger partial charge >= 0.3 is 0 Å². The summed E-state index contributed by atoms with van der Waals surface area (Å²) in [6.07, 6.45) is 4.21. The minimum Gasteiger partial charge on any atom is -0.310 e. The maximum Gasteiger partial charge on any atom is 0.225 e. The second kappa shape index (κ2) is 5.91. The highest BCUT2D eigenvalue weighted by Gasteiger charge is 2.19. The summed E-state index contributed by atoms with van der Waals surface area (Å²) in [7, 11) is 1.72. The maximum absolute atomic E-state index is 11.9. The lowest BCUT2D eigenvalue weighted by Crippen LogP contribution is -2.21. The molecule has 1 aliphatic heterocycles. The highest BCUT2D eigenvalue weighted by Crippen LogP contribution is 2.25. The summed E-state index contributed by atoms with van der Waals surface area (Å²) >= 11 is 1.95. The molecule has 1 saturated heterocycles. The number of amides is 1. The number of nitrogens with zero attached hydrogens (tertiary/aromatic N) is 3. The molecule has 0 unspecified atom stereocenters. The molecule has 0 saturated carbocycles. The number of carbonyl (C=O) groups is 1. The fourth-order valence-electron chi connectivity index (χ4n) is 2.06.